The van der Waals surface area contributed by atoms with Crippen molar-refractivity contribution >= 4 is 11.0 Å². The maximum atomic E-state index is 6.06. The predicted octanol–water partition coefficient (Wildman–Crippen LogP) is 2.12. The van der Waals surface area contributed by atoms with E-state index in [0.717, 1.165) is 43.3 Å². The van der Waals surface area contributed by atoms with Crippen LogP contribution < -0.4 is 10.1 Å². The summed E-state index contributed by atoms with van der Waals surface area (Å²) >= 11 is 0. The van der Waals surface area contributed by atoms with Gasteiger partial charge in [-0.3, -0.25) is 0 Å². The largest absolute Gasteiger partial charge is 0.471 e. The number of furan rings is 1. The number of hydrogen-bond donors (Lipinski definition) is 1. The normalized spacial score (nSPS) is 25.3. The molecule has 106 valence electrons. The zero-order valence-electron chi connectivity index (χ0n) is 11.3. The molecule has 2 aliphatic heterocycles. The molecule has 0 aromatic carbocycles. The van der Waals surface area contributed by atoms with Crippen LogP contribution in [0.4, 0.5) is 0 Å². The summed E-state index contributed by atoms with van der Waals surface area (Å²) in [7, 11) is 0. The second-order valence-electron chi connectivity index (χ2n) is 5.64. The van der Waals surface area contributed by atoms with Gasteiger partial charge in [-0.2, -0.15) is 0 Å². The minimum absolute atomic E-state index is 0.0141. The number of nitrogens with zero attached hydrogens (tertiary/aromatic N) is 1. The first-order valence-electron chi connectivity index (χ1n) is 7.18. The first-order chi connectivity index (χ1) is 9.85. The molecule has 2 aliphatic rings. The number of ether oxygens (including phenoxy) is 2. The van der Waals surface area contributed by atoms with E-state index in [-0.39, 0.29) is 11.7 Å². The number of rotatable bonds is 2. The van der Waals surface area contributed by atoms with E-state index in [9.17, 15) is 0 Å². The maximum Gasteiger partial charge on any atom is 0.225 e. The molecule has 5 nitrogen and oxygen atoms in total. The molecule has 20 heavy (non-hydrogen) atoms. The Bertz CT molecular complexity index is 604. The monoisotopic (exact) mass is 274 g/mol. The van der Waals surface area contributed by atoms with Gasteiger partial charge >= 0.3 is 0 Å². The summed E-state index contributed by atoms with van der Waals surface area (Å²) in [5.74, 6) is 0.649. The number of pyridine rings is 1. The molecule has 0 aliphatic carbocycles. The van der Waals surface area contributed by atoms with Gasteiger partial charge in [-0.25, -0.2) is 4.98 Å². The second-order valence-corrected chi connectivity index (χ2v) is 5.64. The first-order valence-corrected chi connectivity index (χ1v) is 7.18. The lowest BCUT2D eigenvalue weighted by Gasteiger charge is -2.32. The third-order valence-electron chi connectivity index (χ3n) is 4.31. The highest BCUT2D eigenvalue weighted by Crippen LogP contribution is 2.36. The van der Waals surface area contributed by atoms with E-state index in [4.69, 9.17) is 13.9 Å². The van der Waals surface area contributed by atoms with Gasteiger partial charge in [-0.1, -0.05) is 0 Å². The molecule has 1 atom stereocenters. The van der Waals surface area contributed by atoms with Gasteiger partial charge in [0, 0.05) is 12.6 Å². The summed E-state index contributed by atoms with van der Waals surface area (Å²) in [6.45, 7) is 2.71. The maximum absolute atomic E-state index is 6.06. The smallest absolute Gasteiger partial charge is 0.225 e. The highest BCUT2D eigenvalue weighted by molar-refractivity contribution is 5.81. The van der Waals surface area contributed by atoms with Crippen LogP contribution in [0.15, 0.2) is 29.0 Å². The Morgan fingerprint density at radius 1 is 1.30 bits per heavy atom. The predicted molar refractivity (Wildman–Crippen MR) is 73.8 cm³/mol. The molecule has 4 heterocycles. The number of hydrogen-bond acceptors (Lipinski definition) is 5. The molecule has 1 N–H and O–H groups in total. The summed E-state index contributed by atoms with van der Waals surface area (Å²) in [6.07, 6.45) is 6.55. The van der Waals surface area contributed by atoms with Gasteiger partial charge < -0.3 is 19.2 Å². The number of nitrogens with one attached hydrogen (secondary N) is 1. The lowest BCUT2D eigenvalue weighted by molar-refractivity contribution is -0.0205. The molecule has 0 radical (unpaired) electrons. The SMILES string of the molecule is c1cc2occc2c(OC2COC3(CCNCC3)C2)n1. The van der Waals surface area contributed by atoms with Crippen LogP contribution in [-0.4, -0.2) is 36.4 Å². The molecule has 0 saturated carbocycles. The topological polar surface area (TPSA) is 56.5 Å². The van der Waals surface area contributed by atoms with Crippen LogP contribution in [-0.2, 0) is 4.74 Å². The average Bonchev–Trinajstić information content (AvgIpc) is 3.08. The Morgan fingerprint density at radius 2 is 2.20 bits per heavy atom. The second kappa shape index (κ2) is 4.75. The molecule has 2 aromatic heterocycles. The van der Waals surface area contributed by atoms with E-state index >= 15 is 0 Å². The Hall–Kier alpha value is -1.59. The van der Waals surface area contributed by atoms with E-state index < -0.39 is 0 Å². The molecule has 4 rings (SSSR count). The van der Waals surface area contributed by atoms with Crippen molar-refractivity contribution in [3.8, 4) is 5.88 Å². The quantitative estimate of drug-likeness (QED) is 0.909. The van der Waals surface area contributed by atoms with Gasteiger partial charge in [0.1, 0.15) is 11.7 Å². The average molecular weight is 274 g/mol. The zero-order chi connectivity index (χ0) is 13.4. The molecule has 1 spiro atoms. The molecular formula is C15H18N2O3. The van der Waals surface area contributed by atoms with Crippen molar-refractivity contribution in [1.29, 1.82) is 0 Å². The van der Waals surface area contributed by atoms with E-state index in [2.05, 4.69) is 10.3 Å². The van der Waals surface area contributed by atoms with E-state index in [1.165, 1.54) is 0 Å². The zero-order valence-corrected chi connectivity index (χ0v) is 11.3. The van der Waals surface area contributed by atoms with Crippen molar-refractivity contribution in [2.24, 2.45) is 0 Å². The summed E-state index contributed by atoms with van der Waals surface area (Å²) in [5.41, 5.74) is 0.825. The van der Waals surface area contributed by atoms with Crippen molar-refractivity contribution in [2.45, 2.75) is 31.0 Å². The van der Waals surface area contributed by atoms with Gasteiger partial charge in [0.05, 0.1) is 23.9 Å². The Kier molecular flexibility index (Phi) is 2.89. The molecule has 5 heteroatoms. The molecule has 2 fully saturated rings. The molecular weight excluding hydrogens is 256 g/mol. The van der Waals surface area contributed by atoms with Gasteiger partial charge in [0.25, 0.3) is 0 Å². The summed E-state index contributed by atoms with van der Waals surface area (Å²) in [6, 6.07) is 3.75. The van der Waals surface area contributed by atoms with Crippen molar-refractivity contribution in [1.82, 2.24) is 10.3 Å². The van der Waals surface area contributed by atoms with Gasteiger partial charge in [0.2, 0.25) is 5.88 Å². The minimum Gasteiger partial charge on any atom is -0.471 e. The minimum atomic E-state index is 0.0141. The van der Waals surface area contributed by atoms with Crippen molar-refractivity contribution in [3.05, 3.63) is 24.6 Å². The molecule has 2 saturated heterocycles. The third kappa shape index (κ3) is 2.07. The lowest BCUT2D eigenvalue weighted by Crippen LogP contribution is -2.41. The number of fused-ring (bicyclic) bond motifs is 1. The Morgan fingerprint density at radius 3 is 3.10 bits per heavy atom. The third-order valence-corrected chi connectivity index (χ3v) is 4.31. The van der Waals surface area contributed by atoms with Crippen molar-refractivity contribution in [3.63, 3.8) is 0 Å². The molecule has 2 aromatic rings. The van der Waals surface area contributed by atoms with Crippen molar-refractivity contribution in [2.75, 3.05) is 19.7 Å². The molecule has 0 bridgehead atoms. The summed E-state index contributed by atoms with van der Waals surface area (Å²) in [4.78, 5) is 4.33. The fraction of sp³-hybridized carbons (Fsp3) is 0.533. The van der Waals surface area contributed by atoms with Crippen LogP contribution in [0.25, 0.3) is 11.0 Å². The van der Waals surface area contributed by atoms with Gasteiger partial charge in [-0.05, 0) is 38.1 Å². The van der Waals surface area contributed by atoms with Crippen LogP contribution in [0.2, 0.25) is 0 Å². The first kappa shape index (κ1) is 12.2. The fourth-order valence-electron chi connectivity index (χ4n) is 3.23. The van der Waals surface area contributed by atoms with Crippen LogP contribution in [0, 0.1) is 0 Å². The van der Waals surface area contributed by atoms with Crippen LogP contribution in [0.5, 0.6) is 5.88 Å². The Labute approximate surface area is 117 Å². The van der Waals surface area contributed by atoms with E-state index in [1.807, 2.05) is 12.1 Å². The van der Waals surface area contributed by atoms with Crippen LogP contribution >= 0.6 is 0 Å². The van der Waals surface area contributed by atoms with Crippen LogP contribution in [0.3, 0.4) is 0 Å². The standard InChI is InChI=1S/C15H18N2O3/c1-5-17-14(12-2-8-18-13(1)12)20-11-9-15(19-10-11)3-6-16-7-4-15/h1-2,5,8,11,16H,3-4,6-7,9-10H2. The lowest BCUT2D eigenvalue weighted by atomic mass is 9.89. The number of aromatic nitrogens is 1. The Balaban J connectivity index is 1.51. The highest BCUT2D eigenvalue weighted by atomic mass is 16.6. The van der Waals surface area contributed by atoms with Gasteiger partial charge in [-0.15, -0.1) is 0 Å². The van der Waals surface area contributed by atoms with Crippen molar-refractivity contribution < 1.29 is 13.9 Å². The fourth-order valence-corrected chi connectivity index (χ4v) is 3.23. The highest BCUT2D eigenvalue weighted by Gasteiger charge is 2.42. The van der Waals surface area contributed by atoms with Gasteiger partial charge in [0.15, 0.2) is 0 Å². The van der Waals surface area contributed by atoms with Crippen LogP contribution in [0.1, 0.15) is 19.3 Å². The molecule has 1 unspecified atom stereocenters. The molecule has 0 amide bonds. The summed E-state index contributed by atoms with van der Waals surface area (Å²) in [5, 5.41) is 4.31. The summed E-state index contributed by atoms with van der Waals surface area (Å²) < 4.78 is 17.5. The van der Waals surface area contributed by atoms with E-state index in [1.54, 1.807) is 12.5 Å². The number of piperidine rings is 1. The van der Waals surface area contributed by atoms with E-state index in [0.29, 0.717) is 12.5 Å².